The highest BCUT2D eigenvalue weighted by atomic mass is 16.5. The Morgan fingerprint density at radius 3 is 2.54 bits per heavy atom. The van der Waals surface area contributed by atoms with Gasteiger partial charge in [-0.1, -0.05) is 12.1 Å². The van der Waals surface area contributed by atoms with Gasteiger partial charge in [-0.2, -0.15) is 0 Å². The van der Waals surface area contributed by atoms with Gasteiger partial charge in [0.05, 0.1) is 25.9 Å². The molecule has 0 unspecified atom stereocenters. The van der Waals surface area contributed by atoms with Crippen LogP contribution in [0.15, 0.2) is 61.2 Å². The number of Topliss-reactive ketones (excluding diaryl/α,β-unsaturated/α-hetero) is 1. The number of carbonyl (C=O) groups excluding carboxylic acids is 2. The van der Waals surface area contributed by atoms with Gasteiger partial charge in [0.2, 0.25) is 5.91 Å². The molecule has 1 aromatic heterocycles. The first-order valence-corrected chi connectivity index (χ1v) is 9.03. The van der Waals surface area contributed by atoms with E-state index in [-0.39, 0.29) is 24.2 Å². The molecule has 3 rings (SSSR count). The molecule has 2 aromatic carbocycles. The number of carbonyl (C=O) groups is 2. The molecule has 28 heavy (non-hydrogen) atoms. The van der Waals surface area contributed by atoms with E-state index in [1.54, 1.807) is 37.8 Å². The standard InChI is InChI=1S/C22H23N3O3/c1-15(17-4-7-20(8-5-17)25-11-10-23-14-25)24-22(27)13-19-12-18(16(2)26)6-9-21(19)28-3/h4-12,14-15H,13H2,1-3H3,(H,24,27)/t15-/m0/s1. The van der Waals surface area contributed by atoms with Gasteiger partial charge in [-0.05, 0) is 49.7 Å². The summed E-state index contributed by atoms with van der Waals surface area (Å²) in [6.45, 7) is 3.44. The van der Waals surface area contributed by atoms with E-state index >= 15 is 0 Å². The van der Waals surface area contributed by atoms with E-state index in [9.17, 15) is 9.59 Å². The molecule has 0 bridgehead atoms. The Kier molecular flexibility index (Phi) is 5.89. The van der Waals surface area contributed by atoms with Crippen LogP contribution in [0.2, 0.25) is 0 Å². The number of hydrogen-bond acceptors (Lipinski definition) is 4. The number of amides is 1. The van der Waals surface area contributed by atoms with Gasteiger partial charge in [-0.15, -0.1) is 0 Å². The maximum Gasteiger partial charge on any atom is 0.225 e. The fourth-order valence-corrected chi connectivity index (χ4v) is 3.03. The highest BCUT2D eigenvalue weighted by Gasteiger charge is 2.14. The predicted octanol–water partition coefficient (Wildman–Crippen LogP) is 3.50. The van der Waals surface area contributed by atoms with Crippen molar-refractivity contribution in [3.8, 4) is 11.4 Å². The van der Waals surface area contributed by atoms with E-state index in [1.165, 1.54) is 6.92 Å². The third-order valence-electron chi connectivity index (χ3n) is 4.61. The normalized spacial score (nSPS) is 11.7. The second-order valence-corrected chi connectivity index (χ2v) is 6.61. The Morgan fingerprint density at radius 2 is 1.93 bits per heavy atom. The van der Waals surface area contributed by atoms with Crippen molar-refractivity contribution >= 4 is 11.7 Å². The van der Waals surface area contributed by atoms with Crippen LogP contribution in [0.3, 0.4) is 0 Å². The second-order valence-electron chi connectivity index (χ2n) is 6.61. The lowest BCUT2D eigenvalue weighted by Crippen LogP contribution is -2.28. The van der Waals surface area contributed by atoms with Gasteiger partial charge < -0.3 is 14.6 Å². The molecular weight excluding hydrogens is 354 g/mol. The Labute approximate surface area is 164 Å². The molecule has 1 amide bonds. The van der Waals surface area contributed by atoms with Crippen LogP contribution < -0.4 is 10.1 Å². The first-order valence-electron chi connectivity index (χ1n) is 9.03. The molecule has 0 saturated carbocycles. The number of methoxy groups -OCH3 is 1. The second kappa shape index (κ2) is 8.52. The number of benzene rings is 2. The summed E-state index contributed by atoms with van der Waals surface area (Å²) < 4.78 is 7.24. The first kappa shape index (κ1) is 19.4. The minimum atomic E-state index is -0.147. The monoisotopic (exact) mass is 377 g/mol. The number of nitrogens with zero attached hydrogens (tertiary/aromatic N) is 2. The van der Waals surface area contributed by atoms with Gasteiger partial charge >= 0.3 is 0 Å². The summed E-state index contributed by atoms with van der Waals surface area (Å²) in [5.74, 6) is 0.415. The number of imidazole rings is 1. The van der Waals surface area contributed by atoms with E-state index in [1.807, 2.05) is 42.0 Å². The zero-order valence-corrected chi connectivity index (χ0v) is 16.2. The van der Waals surface area contributed by atoms with Crippen molar-refractivity contribution in [1.82, 2.24) is 14.9 Å². The van der Waals surface area contributed by atoms with Crippen molar-refractivity contribution in [3.63, 3.8) is 0 Å². The van der Waals surface area contributed by atoms with E-state index in [0.717, 1.165) is 11.3 Å². The molecule has 3 aromatic rings. The van der Waals surface area contributed by atoms with Crippen molar-refractivity contribution in [2.75, 3.05) is 7.11 Å². The molecule has 0 aliphatic carbocycles. The molecule has 1 N–H and O–H groups in total. The van der Waals surface area contributed by atoms with Gasteiger partial charge in [0.25, 0.3) is 0 Å². The van der Waals surface area contributed by atoms with Gasteiger partial charge in [0.1, 0.15) is 5.75 Å². The third kappa shape index (κ3) is 4.46. The fraction of sp³-hybridized carbons (Fsp3) is 0.227. The highest BCUT2D eigenvalue weighted by Crippen LogP contribution is 2.22. The summed E-state index contributed by atoms with van der Waals surface area (Å²) in [5, 5.41) is 3.00. The first-order chi connectivity index (χ1) is 13.5. The maximum atomic E-state index is 12.5. The molecule has 0 aliphatic heterocycles. The maximum absolute atomic E-state index is 12.5. The molecule has 6 heteroatoms. The molecular formula is C22H23N3O3. The van der Waals surface area contributed by atoms with Crippen LogP contribution in [0.25, 0.3) is 5.69 Å². The molecule has 0 saturated heterocycles. The summed E-state index contributed by atoms with van der Waals surface area (Å²) >= 11 is 0. The number of ketones is 1. The summed E-state index contributed by atoms with van der Waals surface area (Å²) in [6, 6.07) is 12.9. The van der Waals surface area contributed by atoms with Crippen molar-refractivity contribution in [2.45, 2.75) is 26.3 Å². The van der Waals surface area contributed by atoms with Crippen LogP contribution in [-0.4, -0.2) is 28.4 Å². The molecule has 1 atom stereocenters. The lowest BCUT2D eigenvalue weighted by Gasteiger charge is -2.16. The van der Waals surface area contributed by atoms with Crippen molar-refractivity contribution in [3.05, 3.63) is 77.9 Å². The zero-order chi connectivity index (χ0) is 20.1. The molecule has 0 aliphatic rings. The van der Waals surface area contributed by atoms with Crippen LogP contribution in [0.4, 0.5) is 0 Å². The molecule has 0 spiro atoms. The predicted molar refractivity (Wildman–Crippen MR) is 107 cm³/mol. The summed E-state index contributed by atoms with van der Waals surface area (Å²) in [4.78, 5) is 28.2. The van der Waals surface area contributed by atoms with Gasteiger partial charge in [-0.3, -0.25) is 9.59 Å². The van der Waals surface area contributed by atoms with Crippen LogP contribution in [0.1, 0.15) is 41.4 Å². The van der Waals surface area contributed by atoms with Gasteiger partial charge in [-0.25, -0.2) is 4.98 Å². The van der Waals surface area contributed by atoms with Crippen molar-refractivity contribution in [2.24, 2.45) is 0 Å². The zero-order valence-electron chi connectivity index (χ0n) is 16.2. The van der Waals surface area contributed by atoms with E-state index in [0.29, 0.717) is 16.9 Å². The quantitative estimate of drug-likeness (QED) is 0.640. The fourth-order valence-electron chi connectivity index (χ4n) is 3.03. The largest absolute Gasteiger partial charge is 0.496 e. The molecule has 1 heterocycles. The number of aromatic nitrogens is 2. The average molecular weight is 377 g/mol. The molecule has 144 valence electrons. The molecule has 0 radical (unpaired) electrons. The topological polar surface area (TPSA) is 73.2 Å². The number of rotatable bonds is 7. The summed E-state index contributed by atoms with van der Waals surface area (Å²) in [5.41, 5.74) is 3.26. The van der Waals surface area contributed by atoms with E-state index < -0.39 is 0 Å². The van der Waals surface area contributed by atoms with Crippen LogP contribution in [0, 0.1) is 0 Å². The van der Waals surface area contributed by atoms with Gasteiger partial charge in [0, 0.05) is 29.2 Å². The summed E-state index contributed by atoms with van der Waals surface area (Å²) in [7, 11) is 1.55. The number of ether oxygens (including phenoxy) is 1. The Morgan fingerprint density at radius 1 is 1.18 bits per heavy atom. The number of hydrogen-bond donors (Lipinski definition) is 1. The molecule has 0 fully saturated rings. The minimum Gasteiger partial charge on any atom is -0.496 e. The van der Waals surface area contributed by atoms with Crippen molar-refractivity contribution in [1.29, 1.82) is 0 Å². The minimum absolute atomic E-state index is 0.0457. The smallest absolute Gasteiger partial charge is 0.225 e. The SMILES string of the molecule is COc1ccc(C(C)=O)cc1CC(=O)N[C@@H](C)c1ccc(-n2ccnc2)cc1. The van der Waals surface area contributed by atoms with Crippen LogP contribution >= 0.6 is 0 Å². The van der Waals surface area contributed by atoms with Crippen molar-refractivity contribution < 1.29 is 14.3 Å². The Balaban J connectivity index is 1.67. The van der Waals surface area contributed by atoms with Gasteiger partial charge in [0.15, 0.2) is 5.78 Å². The third-order valence-corrected chi connectivity index (χ3v) is 4.61. The lowest BCUT2D eigenvalue weighted by molar-refractivity contribution is -0.121. The number of nitrogens with one attached hydrogen (secondary N) is 1. The Hall–Kier alpha value is -3.41. The van der Waals surface area contributed by atoms with E-state index in [4.69, 9.17) is 4.74 Å². The van der Waals surface area contributed by atoms with Crippen LogP contribution in [0.5, 0.6) is 5.75 Å². The highest BCUT2D eigenvalue weighted by molar-refractivity contribution is 5.94. The van der Waals surface area contributed by atoms with Crippen LogP contribution in [-0.2, 0) is 11.2 Å². The summed E-state index contributed by atoms with van der Waals surface area (Å²) in [6.07, 6.45) is 5.49. The average Bonchev–Trinajstić information content (AvgIpc) is 3.22. The van der Waals surface area contributed by atoms with E-state index in [2.05, 4.69) is 10.3 Å². The lowest BCUT2D eigenvalue weighted by atomic mass is 10.0. The molecule has 6 nitrogen and oxygen atoms in total. The Bertz CT molecular complexity index is 963.